The van der Waals surface area contributed by atoms with Crippen molar-refractivity contribution in [3.8, 4) is 0 Å². The van der Waals surface area contributed by atoms with Gasteiger partial charge in [0.05, 0.1) is 11.8 Å². The van der Waals surface area contributed by atoms with E-state index in [2.05, 4.69) is 12.2 Å². The van der Waals surface area contributed by atoms with Crippen LogP contribution in [0.25, 0.3) is 0 Å². The van der Waals surface area contributed by atoms with Crippen molar-refractivity contribution in [2.24, 2.45) is 23.7 Å². The van der Waals surface area contributed by atoms with Crippen LogP contribution in [0.4, 0.5) is 0 Å². The van der Waals surface area contributed by atoms with Crippen LogP contribution in [-0.2, 0) is 9.59 Å². The predicted octanol–water partition coefficient (Wildman–Crippen LogP) is 0.355. The van der Waals surface area contributed by atoms with Gasteiger partial charge in [-0.25, -0.2) is 0 Å². The number of nitrogens with zero attached hydrogens (tertiary/aromatic N) is 2. The summed E-state index contributed by atoms with van der Waals surface area (Å²) >= 11 is 0. The molecule has 0 spiro atoms. The van der Waals surface area contributed by atoms with E-state index in [0.717, 1.165) is 13.0 Å². The molecule has 2 amide bonds. The number of likely N-dealkylation sites (N-methyl/N-ethyl adjacent to an activating group) is 1. The van der Waals surface area contributed by atoms with Gasteiger partial charge in [0.15, 0.2) is 0 Å². The third kappa shape index (κ3) is 1.47. The lowest BCUT2D eigenvalue weighted by atomic mass is 9.85. The number of hydrogen-bond acceptors (Lipinski definition) is 3. The van der Waals surface area contributed by atoms with Gasteiger partial charge in [-0.1, -0.05) is 12.2 Å². The maximum absolute atomic E-state index is 12.3. The highest BCUT2D eigenvalue weighted by molar-refractivity contribution is 6.06. The minimum atomic E-state index is -0.0420. The highest BCUT2D eigenvalue weighted by atomic mass is 16.2. The summed E-state index contributed by atoms with van der Waals surface area (Å²) in [5, 5.41) is 0. The maximum Gasteiger partial charge on any atom is 0.233 e. The largest absolute Gasteiger partial charge is 0.308 e. The summed E-state index contributed by atoms with van der Waals surface area (Å²) in [6, 6.07) is 0. The molecule has 4 atom stereocenters. The van der Waals surface area contributed by atoms with Gasteiger partial charge in [0.25, 0.3) is 0 Å². The molecule has 3 rings (SSSR count). The SMILES string of the molecule is CN(C)CCN1C(=O)[C@@H]2[C@H](C1=O)[C@H]1C=C[C@H]2C1. The van der Waals surface area contributed by atoms with Gasteiger partial charge in [-0.15, -0.1) is 0 Å². The molecule has 1 saturated carbocycles. The molecule has 0 radical (unpaired) electrons. The second kappa shape index (κ2) is 3.67. The van der Waals surface area contributed by atoms with Gasteiger partial charge in [0, 0.05) is 13.1 Å². The van der Waals surface area contributed by atoms with Gasteiger partial charge >= 0.3 is 0 Å². The summed E-state index contributed by atoms with van der Waals surface area (Å²) in [6.07, 6.45) is 5.27. The fourth-order valence-electron chi connectivity index (χ4n) is 3.48. The van der Waals surface area contributed by atoms with Crippen LogP contribution in [0.3, 0.4) is 0 Å². The van der Waals surface area contributed by atoms with E-state index in [4.69, 9.17) is 0 Å². The molecule has 2 fully saturated rings. The molecule has 3 aliphatic rings. The highest BCUT2D eigenvalue weighted by Gasteiger charge is 2.58. The Kier molecular flexibility index (Phi) is 2.36. The lowest BCUT2D eigenvalue weighted by molar-refractivity contribution is -0.140. The zero-order chi connectivity index (χ0) is 12.2. The summed E-state index contributed by atoms with van der Waals surface area (Å²) in [7, 11) is 3.91. The van der Waals surface area contributed by atoms with E-state index in [-0.39, 0.29) is 23.7 Å². The number of carbonyl (C=O) groups is 2. The number of imide groups is 1. The quantitative estimate of drug-likeness (QED) is 0.523. The van der Waals surface area contributed by atoms with Gasteiger partial charge in [-0.2, -0.15) is 0 Å². The van der Waals surface area contributed by atoms with Gasteiger partial charge in [0.2, 0.25) is 11.8 Å². The average Bonchev–Trinajstić information content (AvgIpc) is 2.92. The standard InChI is InChI=1S/C13H18N2O2/c1-14(2)5-6-15-12(16)10-8-3-4-9(7-8)11(10)13(15)17/h3-4,8-11H,5-7H2,1-2H3/t8-,9-,10-,11+/m0/s1. The molecule has 4 heteroatoms. The first-order valence-corrected chi connectivity index (χ1v) is 6.28. The minimum absolute atomic E-state index is 0.0420. The number of amides is 2. The zero-order valence-electron chi connectivity index (χ0n) is 10.3. The van der Waals surface area contributed by atoms with Crippen molar-refractivity contribution in [3.63, 3.8) is 0 Å². The van der Waals surface area contributed by atoms with Crippen molar-refractivity contribution < 1.29 is 9.59 Å². The van der Waals surface area contributed by atoms with E-state index in [1.54, 1.807) is 0 Å². The highest BCUT2D eigenvalue weighted by Crippen LogP contribution is 2.52. The Bertz CT molecular complexity index is 372. The third-order valence-electron chi connectivity index (χ3n) is 4.33. The van der Waals surface area contributed by atoms with Gasteiger partial charge in [-0.05, 0) is 32.4 Å². The Balaban J connectivity index is 1.78. The zero-order valence-corrected chi connectivity index (χ0v) is 10.3. The molecule has 2 bridgehead atoms. The smallest absolute Gasteiger partial charge is 0.233 e. The summed E-state index contributed by atoms with van der Waals surface area (Å²) in [5.41, 5.74) is 0. The number of hydrogen-bond donors (Lipinski definition) is 0. The normalized spacial score (nSPS) is 38.6. The molecular formula is C13H18N2O2. The number of likely N-dealkylation sites (tertiary alicyclic amines) is 1. The van der Waals surface area contributed by atoms with E-state index in [1.165, 1.54) is 4.90 Å². The van der Waals surface area contributed by atoms with E-state index in [0.29, 0.717) is 18.4 Å². The van der Waals surface area contributed by atoms with Crippen LogP contribution in [0.15, 0.2) is 12.2 Å². The number of allylic oxidation sites excluding steroid dienone is 2. The first kappa shape index (κ1) is 11.0. The van der Waals surface area contributed by atoms with Crippen LogP contribution < -0.4 is 0 Å². The summed E-state index contributed by atoms with van der Waals surface area (Å²) in [4.78, 5) is 28.0. The van der Waals surface area contributed by atoms with Crippen molar-refractivity contribution in [2.45, 2.75) is 6.42 Å². The van der Waals surface area contributed by atoms with Crippen molar-refractivity contribution in [1.82, 2.24) is 9.80 Å². The van der Waals surface area contributed by atoms with Crippen molar-refractivity contribution in [2.75, 3.05) is 27.2 Å². The van der Waals surface area contributed by atoms with Crippen LogP contribution in [0.1, 0.15) is 6.42 Å². The molecule has 2 aliphatic carbocycles. The molecule has 1 saturated heterocycles. The van der Waals surface area contributed by atoms with Crippen LogP contribution in [0.2, 0.25) is 0 Å². The fourth-order valence-corrected chi connectivity index (χ4v) is 3.48. The Hall–Kier alpha value is -1.16. The van der Waals surface area contributed by atoms with Crippen molar-refractivity contribution in [3.05, 3.63) is 12.2 Å². The average molecular weight is 234 g/mol. The lowest BCUT2D eigenvalue weighted by Gasteiger charge is -2.19. The summed E-state index contributed by atoms with van der Waals surface area (Å²) in [6.45, 7) is 1.29. The predicted molar refractivity (Wildman–Crippen MR) is 63.0 cm³/mol. The molecule has 0 aromatic heterocycles. The molecule has 1 heterocycles. The van der Waals surface area contributed by atoms with Crippen LogP contribution in [0.5, 0.6) is 0 Å². The molecule has 0 N–H and O–H groups in total. The van der Waals surface area contributed by atoms with E-state index >= 15 is 0 Å². The number of carbonyl (C=O) groups excluding carboxylic acids is 2. The number of fused-ring (bicyclic) bond motifs is 5. The first-order chi connectivity index (χ1) is 8.09. The second-order valence-electron chi connectivity index (χ2n) is 5.63. The summed E-state index contributed by atoms with van der Waals surface area (Å²) < 4.78 is 0. The van der Waals surface area contributed by atoms with Gasteiger partial charge in [0.1, 0.15) is 0 Å². The molecule has 92 valence electrons. The topological polar surface area (TPSA) is 40.6 Å². The monoisotopic (exact) mass is 234 g/mol. The van der Waals surface area contributed by atoms with E-state index < -0.39 is 0 Å². The molecular weight excluding hydrogens is 216 g/mol. The Morgan fingerprint density at radius 2 is 1.71 bits per heavy atom. The summed E-state index contributed by atoms with van der Waals surface area (Å²) in [5.74, 6) is 0.702. The Morgan fingerprint density at radius 1 is 1.18 bits per heavy atom. The van der Waals surface area contributed by atoms with Gasteiger partial charge in [-0.3, -0.25) is 14.5 Å². The molecule has 1 aliphatic heterocycles. The van der Waals surface area contributed by atoms with Gasteiger partial charge < -0.3 is 4.90 Å². The molecule has 0 aromatic rings. The lowest BCUT2D eigenvalue weighted by Crippen LogP contribution is -2.38. The molecule has 17 heavy (non-hydrogen) atoms. The maximum atomic E-state index is 12.3. The Morgan fingerprint density at radius 3 is 2.18 bits per heavy atom. The Labute approximate surface area is 101 Å². The van der Waals surface area contributed by atoms with Crippen LogP contribution in [-0.4, -0.2) is 48.8 Å². The van der Waals surface area contributed by atoms with E-state index in [9.17, 15) is 9.59 Å². The molecule has 0 aromatic carbocycles. The molecule has 4 nitrogen and oxygen atoms in total. The van der Waals surface area contributed by atoms with E-state index in [1.807, 2.05) is 19.0 Å². The minimum Gasteiger partial charge on any atom is -0.308 e. The van der Waals surface area contributed by atoms with Crippen LogP contribution >= 0.6 is 0 Å². The molecule has 0 unspecified atom stereocenters. The number of rotatable bonds is 3. The third-order valence-corrected chi connectivity index (χ3v) is 4.33. The first-order valence-electron chi connectivity index (χ1n) is 6.28. The van der Waals surface area contributed by atoms with Crippen molar-refractivity contribution in [1.29, 1.82) is 0 Å². The van der Waals surface area contributed by atoms with Crippen molar-refractivity contribution >= 4 is 11.8 Å². The second-order valence-corrected chi connectivity index (χ2v) is 5.63. The fraction of sp³-hybridized carbons (Fsp3) is 0.692. The van der Waals surface area contributed by atoms with Crippen LogP contribution in [0, 0.1) is 23.7 Å².